The van der Waals surface area contributed by atoms with Crippen LogP contribution in [0.2, 0.25) is 0 Å². The molecule has 0 saturated heterocycles. The molecule has 3 N–H and O–H groups in total. The number of halogens is 2. The molecule has 1 atom stereocenters. The zero-order chi connectivity index (χ0) is 16.4. The highest BCUT2D eigenvalue weighted by atomic mass is 35.5. The van der Waals surface area contributed by atoms with Gasteiger partial charge in [0.05, 0.1) is 17.2 Å². The molecule has 0 spiro atoms. The fourth-order valence-corrected chi connectivity index (χ4v) is 2.30. The van der Waals surface area contributed by atoms with Gasteiger partial charge in [0.2, 0.25) is 0 Å². The Kier molecular flexibility index (Phi) is 5.48. The van der Waals surface area contributed by atoms with Gasteiger partial charge in [-0.15, -0.1) is 12.4 Å². The molecule has 0 radical (unpaired) electrons. The second-order valence-electron chi connectivity index (χ2n) is 5.11. The molecular formula is C16H17ClFN5O. The number of hydrogen-bond acceptors (Lipinski definition) is 5. The van der Waals surface area contributed by atoms with Gasteiger partial charge < -0.3 is 5.73 Å². The van der Waals surface area contributed by atoms with Crippen molar-refractivity contribution in [2.45, 2.75) is 19.4 Å². The van der Waals surface area contributed by atoms with Gasteiger partial charge in [0.15, 0.2) is 0 Å². The highest BCUT2D eigenvalue weighted by Gasteiger charge is 2.18. The molecule has 0 unspecified atom stereocenters. The molecule has 1 aromatic carbocycles. The Morgan fingerprint density at radius 3 is 2.67 bits per heavy atom. The van der Waals surface area contributed by atoms with Crippen molar-refractivity contribution in [2.75, 3.05) is 5.43 Å². The molecule has 0 aliphatic heterocycles. The Morgan fingerprint density at radius 2 is 2.00 bits per heavy atom. The van der Waals surface area contributed by atoms with Gasteiger partial charge in [0.1, 0.15) is 17.0 Å². The molecular weight excluding hydrogens is 333 g/mol. The summed E-state index contributed by atoms with van der Waals surface area (Å²) in [6.45, 7) is 1.89. The van der Waals surface area contributed by atoms with E-state index in [1.54, 1.807) is 30.6 Å². The van der Waals surface area contributed by atoms with Crippen LogP contribution in [0.25, 0.3) is 10.9 Å². The van der Waals surface area contributed by atoms with E-state index in [-0.39, 0.29) is 17.8 Å². The lowest BCUT2D eigenvalue weighted by Gasteiger charge is -2.18. The molecule has 3 rings (SSSR count). The maximum absolute atomic E-state index is 14.1. The second kappa shape index (κ2) is 7.37. The van der Waals surface area contributed by atoms with Crippen LogP contribution in [0.3, 0.4) is 0 Å². The van der Waals surface area contributed by atoms with Crippen molar-refractivity contribution in [2.24, 2.45) is 5.73 Å². The number of benzene rings is 1. The van der Waals surface area contributed by atoms with Gasteiger partial charge in [-0.2, -0.15) is 0 Å². The van der Waals surface area contributed by atoms with Crippen molar-refractivity contribution in [3.63, 3.8) is 0 Å². The molecule has 2 heterocycles. The van der Waals surface area contributed by atoms with Crippen LogP contribution >= 0.6 is 12.4 Å². The maximum atomic E-state index is 14.1. The van der Waals surface area contributed by atoms with Crippen LogP contribution in [0.4, 0.5) is 10.1 Å². The molecule has 0 amide bonds. The van der Waals surface area contributed by atoms with E-state index in [1.807, 2.05) is 6.92 Å². The number of fused-ring (bicyclic) bond motifs is 1. The predicted molar refractivity (Wildman–Crippen MR) is 93.7 cm³/mol. The van der Waals surface area contributed by atoms with Gasteiger partial charge in [-0.25, -0.2) is 14.1 Å². The molecule has 0 aliphatic rings. The average Bonchev–Trinajstić information content (AvgIpc) is 2.57. The third kappa shape index (κ3) is 3.22. The van der Waals surface area contributed by atoms with Crippen molar-refractivity contribution in [1.82, 2.24) is 14.6 Å². The molecule has 0 saturated carbocycles. The third-order valence-electron chi connectivity index (χ3n) is 3.57. The summed E-state index contributed by atoms with van der Waals surface area (Å²) in [5.74, 6) is -0.255. The van der Waals surface area contributed by atoms with E-state index >= 15 is 0 Å². The number of aromatic nitrogens is 3. The van der Waals surface area contributed by atoms with Crippen LogP contribution in [0.5, 0.6) is 0 Å². The zero-order valence-electron chi connectivity index (χ0n) is 12.9. The summed E-state index contributed by atoms with van der Waals surface area (Å²) in [7, 11) is 0. The standard InChI is InChI=1S/C16H16FN5O.ClH/c1-2-12(18)15-20-13-5-3-4-11(17)14(13)16(23)22(15)21-10-6-8-19-9-7-10;/h3-9,12H,2,18H2,1H3,(H,19,21);1H/t12-;/m0./s1. The summed E-state index contributed by atoms with van der Waals surface area (Å²) in [4.78, 5) is 21.0. The smallest absolute Gasteiger partial charge is 0.283 e. The van der Waals surface area contributed by atoms with Crippen LogP contribution in [0, 0.1) is 5.82 Å². The number of anilines is 1. The first-order valence-electron chi connectivity index (χ1n) is 7.25. The fraction of sp³-hybridized carbons (Fsp3) is 0.188. The lowest BCUT2D eigenvalue weighted by molar-refractivity contribution is 0.601. The first-order chi connectivity index (χ1) is 11.1. The van der Waals surface area contributed by atoms with Crippen molar-refractivity contribution >= 4 is 29.0 Å². The SMILES string of the molecule is CC[C@H](N)c1nc2cccc(F)c2c(=O)n1Nc1ccncc1.Cl. The summed E-state index contributed by atoms with van der Waals surface area (Å²) in [5.41, 5.74) is 9.41. The Bertz CT molecular complexity index is 900. The first kappa shape index (κ1) is 17.8. The van der Waals surface area contributed by atoms with Crippen LogP contribution in [0.15, 0.2) is 47.5 Å². The monoisotopic (exact) mass is 349 g/mol. The number of nitrogens with two attached hydrogens (primary N) is 1. The van der Waals surface area contributed by atoms with E-state index in [1.165, 1.54) is 16.8 Å². The summed E-state index contributed by atoms with van der Waals surface area (Å²) in [6.07, 6.45) is 3.76. The van der Waals surface area contributed by atoms with E-state index in [2.05, 4.69) is 15.4 Å². The van der Waals surface area contributed by atoms with Gasteiger partial charge in [-0.3, -0.25) is 15.2 Å². The van der Waals surface area contributed by atoms with E-state index in [0.29, 0.717) is 23.4 Å². The minimum absolute atomic E-state index is 0. The van der Waals surface area contributed by atoms with Crippen molar-refractivity contribution in [1.29, 1.82) is 0 Å². The second-order valence-corrected chi connectivity index (χ2v) is 5.11. The molecule has 0 fully saturated rings. The van der Waals surface area contributed by atoms with Crippen molar-refractivity contribution in [3.8, 4) is 0 Å². The zero-order valence-corrected chi connectivity index (χ0v) is 13.8. The summed E-state index contributed by atoms with van der Waals surface area (Å²) < 4.78 is 15.3. The molecule has 24 heavy (non-hydrogen) atoms. The highest BCUT2D eigenvalue weighted by molar-refractivity contribution is 5.85. The Morgan fingerprint density at radius 1 is 1.29 bits per heavy atom. The van der Waals surface area contributed by atoms with Gasteiger partial charge in [0, 0.05) is 12.4 Å². The molecule has 0 aliphatic carbocycles. The number of nitrogens with one attached hydrogen (secondary N) is 1. The number of hydrogen-bond donors (Lipinski definition) is 2. The van der Waals surface area contributed by atoms with Crippen molar-refractivity contribution < 1.29 is 4.39 Å². The summed E-state index contributed by atoms with van der Waals surface area (Å²) >= 11 is 0. The first-order valence-corrected chi connectivity index (χ1v) is 7.25. The third-order valence-corrected chi connectivity index (χ3v) is 3.57. The normalized spacial score (nSPS) is 11.8. The lowest BCUT2D eigenvalue weighted by atomic mass is 10.2. The molecule has 126 valence electrons. The van der Waals surface area contributed by atoms with Gasteiger partial charge >= 0.3 is 0 Å². The number of rotatable bonds is 4. The van der Waals surface area contributed by atoms with E-state index in [4.69, 9.17) is 5.73 Å². The maximum Gasteiger partial charge on any atom is 0.283 e. The average molecular weight is 350 g/mol. The van der Waals surface area contributed by atoms with Gasteiger partial charge in [-0.05, 0) is 30.7 Å². The summed E-state index contributed by atoms with van der Waals surface area (Å²) in [5, 5.41) is -0.0684. The minimum atomic E-state index is -0.609. The van der Waals surface area contributed by atoms with Crippen LogP contribution in [-0.2, 0) is 0 Å². The Labute approximate surface area is 143 Å². The molecule has 8 heteroatoms. The molecule has 0 bridgehead atoms. The fourth-order valence-electron chi connectivity index (χ4n) is 2.30. The van der Waals surface area contributed by atoms with Gasteiger partial charge in [0.25, 0.3) is 5.56 Å². The molecule has 3 aromatic rings. The minimum Gasteiger partial charge on any atom is -0.321 e. The lowest BCUT2D eigenvalue weighted by Crippen LogP contribution is -2.34. The van der Waals surface area contributed by atoms with Crippen LogP contribution < -0.4 is 16.7 Å². The number of pyridine rings is 1. The van der Waals surface area contributed by atoms with E-state index < -0.39 is 17.4 Å². The highest BCUT2D eigenvalue weighted by Crippen LogP contribution is 2.17. The molecule has 6 nitrogen and oxygen atoms in total. The Balaban J connectivity index is 0.00000208. The quantitative estimate of drug-likeness (QED) is 0.756. The largest absolute Gasteiger partial charge is 0.321 e. The Hall–Kier alpha value is -2.51. The van der Waals surface area contributed by atoms with Crippen LogP contribution in [-0.4, -0.2) is 14.6 Å². The van der Waals surface area contributed by atoms with E-state index in [0.717, 1.165) is 0 Å². The van der Waals surface area contributed by atoms with Crippen LogP contribution in [0.1, 0.15) is 25.2 Å². The predicted octanol–water partition coefficient (Wildman–Crippen LogP) is 2.64. The topological polar surface area (TPSA) is 85.8 Å². The van der Waals surface area contributed by atoms with Crippen molar-refractivity contribution in [3.05, 3.63) is 64.7 Å². The van der Waals surface area contributed by atoms with Gasteiger partial charge in [-0.1, -0.05) is 13.0 Å². The molecule has 2 aromatic heterocycles. The van der Waals surface area contributed by atoms with E-state index in [9.17, 15) is 9.18 Å². The summed E-state index contributed by atoms with van der Waals surface area (Å²) in [6, 6.07) is 7.29. The number of nitrogens with zero attached hydrogens (tertiary/aromatic N) is 3.